The lowest BCUT2D eigenvalue weighted by atomic mass is 10.1. The van der Waals surface area contributed by atoms with Crippen LogP contribution in [0.3, 0.4) is 0 Å². The topological polar surface area (TPSA) is 61.0 Å². The summed E-state index contributed by atoms with van der Waals surface area (Å²) >= 11 is 0. The maximum Gasteiger partial charge on any atom is 0.164 e. The molecule has 21 heavy (non-hydrogen) atoms. The van der Waals surface area contributed by atoms with Crippen LogP contribution in [-0.4, -0.2) is 16.6 Å². The van der Waals surface area contributed by atoms with Gasteiger partial charge in [-0.1, -0.05) is 44.2 Å². The van der Waals surface area contributed by atoms with Gasteiger partial charge >= 0.3 is 0 Å². The second kappa shape index (κ2) is 7.18. The van der Waals surface area contributed by atoms with Crippen molar-refractivity contribution in [2.45, 2.75) is 33.3 Å². The molecular formula is C17H23N3O. The van der Waals surface area contributed by atoms with Gasteiger partial charge in [-0.15, -0.1) is 0 Å². The monoisotopic (exact) mass is 285 g/mol. The summed E-state index contributed by atoms with van der Waals surface area (Å²) in [5.41, 5.74) is 7.95. The van der Waals surface area contributed by atoms with E-state index < -0.39 is 0 Å². The highest BCUT2D eigenvalue weighted by molar-refractivity contribution is 5.33. The van der Waals surface area contributed by atoms with Crippen LogP contribution in [-0.2, 0) is 11.2 Å². The van der Waals surface area contributed by atoms with Gasteiger partial charge in [0, 0.05) is 18.4 Å². The maximum absolute atomic E-state index is 5.94. The Labute approximate surface area is 126 Å². The molecule has 1 heterocycles. The third-order valence-corrected chi connectivity index (χ3v) is 3.10. The van der Waals surface area contributed by atoms with E-state index in [0.717, 1.165) is 17.7 Å². The first-order valence-corrected chi connectivity index (χ1v) is 7.40. The zero-order chi connectivity index (χ0) is 15.2. The van der Waals surface area contributed by atoms with E-state index in [-0.39, 0.29) is 6.10 Å². The number of nitrogens with zero attached hydrogens (tertiary/aromatic N) is 2. The fourth-order valence-electron chi connectivity index (χ4n) is 2.29. The zero-order valence-corrected chi connectivity index (χ0v) is 12.9. The molecule has 0 spiro atoms. The molecule has 1 atom stereocenters. The third kappa shape index (κ3) is 4.26. The van der Waals surface area contributed by atoms with E-state index in [4.69, 9.17) is 10.5 Å². The number of aromatic nitrogens is 2. The molecule has 0 aliphatic carbocycles. The van der Waals surface area contributed by atoms with Crippen LogP contribution >= 0.6 is 0 Å². The van der Waals surface area contributed by atoms with E-state index in [1.54, 1.807) is 0 Å². The molecule has 0 bridgehead atoms. The van der Waals surface area contributed by atoms with Crippen molar-refractivity contribution >= 4 is 5.82 Å². The summed E-state index contributed by atoms with van der Waals surface area (Å²) in [7, 11) is 0. The average Bonchev–Trinajstić information content (AvgIpc) is 2.44. The minimum absolute atomic E-state index is 0.273. The van der Waals surface area contributed by atoms with Gasteiger partial charge in [0.15, 0.2) is 5.82 Å². The maximum atomic E-state index is 5.94. The van der Waals surface area contributed by atoms with Crippen LogP contribution in [0.25, 0.3) is 0 Å². The largest absolute Gasteiger partial charge is 0.384 e. The lowest BCUT2D eigenvalue weighted by Crippen LogP contribution is -2.13. The van der Waals surface area contributed by atoms with Crippen molar-refractivity contribution in [1.29, 1.82) is 0 Å². The highest BCUT2D eigenvalue weighted by Gasteiger charge is 2.18. The number of ether oxygens (including phenoxy) is 1. The molecule has 0 fully saturated rings. The molecule has 1 unspecified atom stereocenters. The van der Waals surface area contributed by atoms with Gasteiger partial charge in [-0.2, -0.15) is 0 Å². The quantitative estimate of drug-likeness (QED) is 0.883. The summed E-state index contributed by atoms with van der Waals surface area (Å²) in [5.74, 6) is 1.66. The van der Waals surface area contributed by atoms with E-state index in [0.29, 0.717) is 24.2 Å². The fourth-order valence-corrected chi connectivity index (χ4v) is 2.29. The lowest BCUT2D eigenvalue weighted by molar-refractivity contribution is 0.0850. The van der Waals surface area contributed by atoms with Crippen LogP contribution in [0.2, 0.25) is 0 Å². The Morgan fingerprint density at radius 2 is 1.86 bits per heavy atom. The number of rotatable bonds is 6. The van der Waals surface area contributed by atoms with Gasteiger partial charge in [-0.25, -0.2) is 9.97 Å². The third-order valence-electron chi connectivity index (χ3n) is 3.10. The number of anilines is 1. The summed E-state index contributed by atoms with van der Waals surface area (Å²) < 4.78 is 5.85. The zero-order valence-electron chi connectivity index (χ0n) is 12.9. The second-order valence-electron chi connectivity index (χ2n) is 5.49. The Morgan fingerprint density at radius 3 is 2.48 bits per heavy atom. The van der Waals surface area contributed by atoms with Crippen LogP contribution in [0.5, 0.6) is 0 Å². The number of benzene rings is 1. The van der Waals surface area contributed by atoms with Gasteiger partial charge in [-0.3, -0.25) is 0 Å². The highest BCUT2D eigenvalue weighted by atomic mass is 16.5. The van der Waals surface area contributed by atoms with Gasteiger partial charge in [0.1, 0.15) is 11.9 Å². The van der Waals surface area contributed by atoms with Crippen molar-refractivity contribution < 1.29 is 4.74 Å². The van der Waals surface area contributed by atoms with Gasteiger partial charge < -0.3 is 10.5 Å². The molecule has 0 aliphatic heterocycles. The van der Waals surface area contributed by atoms with Crippen molar-refractivity contribution in [3.05, 3.63) is 53.5 Å². The minimum atomic E-state index is -0.273. The van der Waals surface area contributed by atoms with Crippen LogP contribution in [0.4, 0.5) is 5.82 Å². The van der Waals surface area contributed by atoms with E-state index in [1.165, 1.54) is 0 Å². The highest BCUT2D eigenvalue weighted by Crippen LogP contribution is 2.24. The first kappa shape index (κ1) is 15.4. The van der Waals surface area contributed by atoms with E-state index in [9.17, 15) is 0 Å². The summed E-state index contributed by atoms with van der Waals surface area (Å²) in [6, 6.07) is 11.9. The molecule has 2 N–H and O–H groups in total. The molecule has 2 rings (SSSR count). The Morgan fingerprint density at radius 1 is 1.14 bits per heavy atom. The van der Waals surface area contributed by atoms with Crippen molar-refractivity contribution in [3.63, 3.8) is 0 Å². The number of nitrogens with two attached hydrogens (primary N) is 1. The van der Waals surface area contributed by atoms with Gasteiger partial charge in [-0.05, 0) is 24.8 Å². The van der Waals surface area contributed by atoms with Crippen LogP contribution in [0, 0.1) is 5.92 Å². The van der Waals surface area contributed by atoms with Gasteiger partial charge in [0.05, 0.1) is 0 Å². The normalized spacial score (nSPS) is 12.6. The van der Waals surface area contributed by atoms with Crippen molar-refractivity contribution in [1.82, 2.24) is 9.97 Å². The molecule has 0 amide bonds. The molecule has 1 aromatic carbocycles. The molecule has 0 radical (unpaired) electrons. The van der Waals surface area contributed by atoms with Crippen LogP contribution < -0.4 is 5.73 Å². The summed E-state index contributed by atoms with van der Waals surface area (Å²) in [6.45, 7) is 6.89. The van der Waals surface area contributed by atoms with Crippen LogP contribution in [0.1, 0.15) is 44.0 Å². The minimum Gasteiger partial charge on any atom is -0.384 e. The molecule has 0 saturated heterocycles. The molecule has 0 saturated carbocycles. The fraction of sp³-hybridized carbons (Fsp3) is 0.412. The molecule has 4 nitrogen and oxygen atoms in total. The van der Waals surface area contributed by atoms with Crippen molar-refractivity contribution in [2.24, 2.45) is 5.92 Å². The predicted octanol–water partition coefficient (Wildman–Crippen LogP) is 3.38. The van der Waals surface area contributed by atoms with E-state index in [1.807, 2.05) is 43.3 Å². The first-order chi connectivity index (χ1) is 10.1. The number of hydrogen-bond donors (Lipinski definition) is 1. The molecule has 2 aromatic rings. The molecule has 112 valence electrons. The second-order valence-corrected chi connectivity index (χ2v) is 5.49. The number of nitrogen functional groups attached to an aromatic ring is 1. The molecule has 0 aliphatic rings. The van der Waals surface area contributed by atoms with E-state index >= 15 is 0 Å². The smallest absolute Gasteiger partial charge is 0.164 e. The van der Waals surface area contributed by atoms with Crippen molar-refractivity contribution in [2.75, 3.05) is 12.3 Å². The number of hydrogen-bond acceptors (Lipinski definition) is 4. The Bertz CT molecular complexity index is 570. The Balaban J connectivity index is 2.38. The molecular weight excluding hydrogens is 262 g/mol. The van der Waals surface area contributed by atoms with E-state index in [2.05, 4.69) is 23.8 Å². The average molecular weight is 285 g/mol. The summed E-state index contributed by atoms with van der Waals surface area (Å²) in [5, 5.41) is 0. The van der Waals surface area contributed by atoms with Gasteiger partial charge in [0.2, 0.25) is 0 Å². The summed E-state index contributed by atoms with van der Waals surface area (Å²) in [6.07, 6.45) is 0.610. The SMILES string of the molecule is CCOC(c1ccccc1)c1nc(N)cc(CC(C)C)n1. The predicted molar refractivity (Wildman–Crippen MR) is 84.9 cm³/mol. The van der Waals surface area contributed by atoms with Crippen molar-refractivity contribution in [3.8, 4) is 0 Å². The van der Waals surface area contributed by atoms with Crippen LogP contribution in [0.15, 0.2) is 36.4 Å². The lowest BCUT2D eigenvalue weighted by Gasteiger charge is -2.17. The summed E-state index contributed by atoms with van der Waals surface area (Å²) in [4.78, 5) is 9.03. The molecule has 4 heteroatoms. The Hall–Kier alpha value is -1.94. The standard InChI is InChI=1S/C17H23N3O/c1-4-21-16(13-8-6-5-7-9-13)17-19-14(10-12(2)3)11-15(18)20-17/h5-9,11-12,16H,4,10H2,1-3H3,(H2,18,19,20). The first-order valence-electron chi connectivity index (χ1n) is 7.40. The Kier molecular flexibility index (Phi) is 5.28. The van der Waals surface area contributed by atoms with Gasteiger partial charge in [0.25, 0.3) is 0 Å². The molecule has 1 aromatic heterocycles.